The molecule has 0 aromatic rings. The monoisotopic (exact) mass is 486 g/mol. The first-order chi connectivity index (χ1) is 6.95. The van der Waals surface area contributed by atoms with Crippen LogP contribution in [0, 0.1) is 0 Å². The van der Waals surface area contributed by atoms with Gasteiger partial charge >= 0.3 is 115 Å². The summed E-state index contributed by atoms with van der Waals surface area (Å²) in [5, 5.41) is 0. The normalized spacial score (nSPS) is 38.6. The molecule has 0 radical (unpaired) electrons. The minimum atomic E-state index is -2.64. The fourth-order valence-corrected chi connectivity index (χ4v) is 61.7. The van der Waals surface area contributed by atoms with Crippen LogP contribution in [-0.2, 0) is 0 Å². The summed E-state index contributed by atoms with van der Waals surface area (Å²) < 4.78 is 3.88. The van der Waals surface area contributed by atoms with E-state index < -0.39 is 23.6 Å². The number of rotatable bonds is 0. The molecule has 0 aliphatic carbocycles. The standard InChI is InChI=1S/C12H22Se4/c1-15(2)9-10-16(3,4,5,6)12(15)11-13-7-8-14-11/h7-10H,1-6H3. The van der Waals surface area contributed by atoms with E-state index in [0.717, 1.165) is 0 Å². The molecule has 2 aliphatic rings. The van der Waals surface area contributed by atoms with E-state index in [0.29, 0.717) is 29.9 Å². The van der Waals surface area contributed by atoms with Gasteiger partial charge in [-0.15, -0.1) is 0 Å². The fourth-order valence-electron chi connectivity index (χ4n) is 2.39. The van der Waals surface area contributed by atoms with Crippen molar-refractivity contribution in [3.63, 3.8) is 0 Å². The molecule has 0 N–H and O–H groups in total. The topological polar surface area (TPSA) is 0 Å². The van der Waals surface area contributed by atoms with Crippen LogP contribution >= 0.6 is 0 Å². The van der Waals surface area contributed by atoms with Crippen molar-refractivity contribution in [1.82, 2.24) is 0 Å². The molecule has 0 amide bonds. The average molecular weight is 482 g/mol. The van der Waals surface area contributed by atoms with Gasteiger partial charge in [0.25, 0.3) is 0 Å². The van der Waals surface area contributed by atoms with Crippen LogP contribution in [-0.4, -0.2) is 53.5 Å². The summed E-state index contributed by atoms with van der Waals surface area (Å²) >= 11 is -0.0842. The molecule has 0 atom stereocenters. The zero-order chi connectivity index (χ0) is 12.3. The van der Waals surface area contributed by atoms with Gasteiger partial charge in [0.05, 0.1) is 0 Å². The molecular formula is C12H22Se4. The molecule has 94 valence electrons. The quantitative estimate of drug-likeness (QED) is 0.465. The van der Waals surface area contributed by atoms with E-state index >= 15 is 0 Å². The van der Waals surface area contributed by atoms with E-state index in [9.17, 15) is 0 Å². The van der Waals surface area contributed by atoms with Gasteiger partial charge in [-0.05, 0) is 0 Å². The van der Waals surface area contributed by atoms with Gasteiger partial charge in [-0.1, -0.05) is 0 Å². The number of hydrogen-bond donors (Lipinski definition) is 0. The van der Waals surface area contributed by atoms with Gasteiger partial charge in [0.15, 0.2) is 0 Å². The summed E-state index contributed by atoms with van der Waals surface area (Å²) in [4.78, 5) is 10.2. The molecule has 0 saturated heterocycles. The van der Waals surface area contributed by atoms with Gasteiger partial charge in [0.2, 0.25) is 0 Å². The fraction of sp³-hybridized carbons (Fsp3) is 0.500. The first-order valence-electron chi connectivity index (χ1n) is 5.13. The van der Waals surface area contributed by atoms with E-state index in [1.54, 1.807) is 0 Å². The van der Waals surface area contributed by atoms with Gasteiger partial charge in [-0.25, -0.2) is 0 Å². The summed E-state index contributed by atoms with van der Waals surface area (Å²) in [6, 6.07) is 0. The Balaban J connectivity index is 2.71. The van der Waals surface area contributed by atoms with Crippen LogP contribution in [0.3, 0.4) is 0 Å². The van der Waals surface area contributed by atoms with E-state index in [-0.39, 0.29) is 0 Å². The molecule has 0 aromatic heterocycles. The van der Waals surface area contributed by atoms with Crippen LogP contribution in [0.2, 0.25) is 34.9 Å². The maximum absolute atomic E-state index is 2.67. The van der Waals surface area contributed by atoms with Gasteiger partial charge < -0.3 is 0 Å². The molecule has 2 rings (SSSR count). The summed E-state index contributed by atoms with van der Waals surface area (Å²) in [7, 11) is -2.64. The molecule has 16 heavy (non-hydrogen) atoms. The van der Waals surface area contributed by atoms with E-state index in [4.69, 9.17) is 0 Å². The van der Waals surface area contributed by atoms with Crippen molar-refractivity contribution in [3.8, 4) is 0 Å². The average Bonchev–Trinajstić information content (AvgIpc) is 2.55. The second-order valence-corrected chi connectivity index (χ2v) is 40.5. The van der Waals surface area contributed by atoms with Gasteiger partial charge in [-0.3, -0.25) is 0 Å². The Bertz CT molecular complexity index is 432. The van der Waals surface area contributed by atoms with Crippen molar-refractivity contribution < 1.29 is 0 Å². The Hall–Kier alpha value is 1.30. The molecule has 0 unspecified atom stereocenters. The first kappa shape index (κ1) is 13.7. The molecule has 0 saturated carbocycles. The Kier molecular flexibility index (Phi) is 2.78. The van der Waals surface area contributed by atoms with Crippen LogP contribution in [0.25, 0.3) is 0 Å². The van der Waals surface area contributed by atoms with Crippen molar-refractivity contribution in [3.05, 3.63) is 26.6 Å². The van der Waals surface area contributed by atoms with Crippen molar-refractivity contribution >= 4 is 53.5 Å². The molecular weight excluding hydrogens is 460 g/mol. The SMILES string of the molecule is C[Se]1(C)C=C[Se](C)(C)(C)(C)C1=C1[Se]C=C[Se]1. The third-order valence-electron chi connectivity index (χ3n) is 2.91. The van der Waals surface area contributed by atoms with Crippen LogP contribution in [0.15, 0.2) is 26.6 Å². The molecule has 0 aromatic carbocycles. The van der Waals surface area contributed by atoms with E-state index in [2.05, 4.69) is 54.8 Å². The molecule has 0 nitrogen and oxygen atoms in total. The zero-order valence-corrected chi connectivity index (χ0v) is 17.8. The predicted molar refractivity (Wildman–Crippen MR) is 83.5 cm³/mol. The van der Waals surface area contributed by atoms with Crippen molar-refractivity contribution in [2.24, 2.45) is 0 Å². The third-order valence-corrected chi connectivity index (χ3v) is 36.3. The van der Waals surface area contributed by atoms with Crippen LogP contribution < -0.4 is 0 Å². The number of hydrogen-bond acceptors (Lipinski definition) is 0. The van der Waals surface area contributed by atoms with Crippen LogP contribution in [0.1, 0.15) is 0 Å². The van der Waals surface area contributed by atoms with Gasteiger partial charge in [-0.2, -0.15) is 0 Å². The Labute approximate surface area is 114 Å². The van der Waals surface area contributed by atoms with Gasteiger partial charge in [0, 0.05) is 0 Å². The first-order valence-corrected chi connectivity index (χ1v) is 22.8. The summed E-state index contributed by atoms with van der Waals surface area (Å²) in [6.07, 6.45) is 0. The second kappa shape index (κ2) is 3.24. The molecule has 0 bridgehead atoms. The second-order valence-electron chi connectivity index (χ2n) is 7.09. The maximum atomic E-state index is 2.67. The summed E-state index contributed by atoms with van der Waals surface area (Å²) in [6.45, 7) is 0. The molecule has 0 fully saturated rings. The van der Waals surface area contributed by atoms with Gasteiger partial charge in [0.1, 0.15) is 0 Å². The zero-order valence-electron chi connectivity index (χ0n) is 10.9. The molecule has 2 heterocycles. The van der Waals surface area contributed by atoms with Crippen LogP contribution in [0.4, 0.5) is 0 Å². The van der Waals surface area contributed by atoms with Crippen LogP contribution in [0.5, 0.6) is 0 Å². The Morgan fingerprint density at radius 3 is 1.88 bits per heavy atom. The molecule has 2 aliphatic heterocycles. The van der Waals surface area contributed by atoms with Crippen molar-refractivity contribution in [2.45, 2.75) is 34.9 Å². The van der Waals surface area contributed by atoms with E-state index in [1.807, 2.05) is 6.74 Å². The third kappa shape index (κ3) is 2.25. The van der Waals surface area contributed by atoms with E-state index in [1.165, 1.54) is 0 Å². The van der Waals surface area contributed by atoms with Crippen molar-refractivity contribution in [1.29, 1.82) is 0 Å². The summed E-state index contributed by atoms with van der Waals surface area (Å²) in [5.41, 5.74) is 0. The van der Waals surface area contributed by atoms with Crippen molar-refractivity contribution in [2.75, 3.05) is 0 Å². The molecule has 0 spiro atoms. The predicted octanol–water partition coefficient (Wildman–Crippen LogP) is 3.40. The minimum absolute atomic E-state index is 0.680. The Morgan fingerprint density at radius 1 is 1.00 bits per heavy atom. The Morgan fingerprint density at radius 2 is 1.50 bits per heavy atom. The molecule has 4 heteroatoms. The summed E-state index contributed by atoms with van der Waals surface area (Å²) in [5.74, 6) is 15.5.